The zero-order chi connectivity index (χ0) is 16.9. The van der Waals surface area contributed by atoms with Gasteiger partial charge in [-0.05, 0) is 26.2 Å². The number of hydrogen-bond acceptors (Lipinski definition) is 3. The van der Waals surface area contributed by atoms with E-state index in [9.17, 15) is 13.2 Å². The average Bonchev–Trinajstić information content (AvgIpc) is 2.91. The fourth-order valence-electron chi connectivity index (χ4n) is 2.81. The lowest BCUT2D eigenvalue weighted by Gasteiger charge is -2.31. The quantitative estimate of drug-likeness (QED) is 0.394. The molecule has 1 aliphatic rings. The van der Waals surface area contributed by atoms with Gasteiger partial charge in [0.1, 0.15) is 0 Å². The molecule has 2 atom stereocenters. The van der Waals surface area contributed by atoms with Crippen LogP contribution >= 0.6 is 35.3 Å². The number of aliphatic imine (C=N–C) groups is 1. The van der Waals surface area contributed by atoms with Gasteiger partial charge in [-0.15, -0.1) is 35.3 Å². The number of aryl methyl sites for hydroxylation is 1. The van der Waals surface area contributed by atoms with Crippen molar-refractivity contribution in [3.8, 4) is 0 Å². The van der Waals surface area contributed by atoms with Crippen molar-refractivity contribution in [1.82, 2.24) is 15.6 Å². The van der Waals surface area contributed by atoms with Crippen molar-refractivity contribution >= 4 is 41.3 Å². The lowest BCUT2D eigenvalue weighted by Crippen LogP contribution is -2.47. The third-order valence-electron chi connectivity index (χ3n) is 4.00. The summed E-state index contributed by atoms with van der Waals surface area (Å²) in [4.78, 5) is 9.56. The monoisotopic (exact) mass is 476 g/mol. The van der Waals surface area contributed by atoms with Gasteiger partial charge in [0, 0.05) is 37.1 Å². The van der Waals surface area contributed by atoms with Crippen molar-refractivity contribution in [2.75, 3.05) is 13.6 Å². The molecule has 1 aliphatic carbocycles. The molecule has 4 nitrogen and oxygen atoms in total. The second-order valence-electron chi connectivity index (χ2n) is 5.86. The van der Waals surface area contributed by atoms with Gasteiger partial charge in [-0.25, -0.2) is 4.98 Å². The van der Waals surface area contributed by atoms with E-state index in [1.54, 1.807) is 18.4 Å². The first-order chi connectivity index (χ1) is 10.9. The van der Waals surface area contributed by atoms with Crippen molar-refractivity contribution in [3.05, 3.63) is 16.1 Å². The Hall–Kier alpha value is -0.580. The fourth-order valence-corrected chi connectivity index (χ4v) is 3.60. The number of guanidine groups is 1. The maximum Gasteiger partial charge on any atom is 0.391 e. The van der Waals surface area contributed by atoms with E-state index in [0.29, 0.717) is 18.9 Å². The molecule has 2 N–H and O–H groups in total. The van der Waals surface area contributed by atoms with Crippen molar-refractivity contribution in [2.45, 2.75) is 51.2 Å². The molecule has 0 aliphatic heterocycles. The highest BCUT2D eigenvalue weighted by Gasteiger charge is 2.42. The Labute approximate surface area is 161 Å². The van der Waals surface area contributed by atoms with E-state index in [0.717, 1.165) is 17.8 Å². The predicted molar refractivity (Wildman–Crippen MR) is 102 cm³/mol. The number of aromatic nitrogens is 1. The SMILES string of the molecule is CN=C(NCCc1ncc(C)s1)NC1CCCC(C(F)(F)F)C1.I. The summed E-state index contributed by atoms with van der Waals surface area (Å²) in [5, 5.41) is 7.32. The Morgan fingerprint density at radius 3 is 2.75 bits per heavy atom. The number of nitrogens with zero attached hydrogens (tertiary/aromatic N) is 2. The van der Waals surface area contributed by atoms with Crippen LogP contribution < -0.4 is 10.6 Å². The van der Waals surface area contributed by atoms with E-state index < -0.39 is 12.1 Å². The molecule has 1 aromatic rings. The van der Waals surface area contributed by atoms with E-state index in [2.05, 4.69) is 20.6 Å². The van der Waals surface area contributed by atoms with Crippen molar-refractivity contribution < 1.29 is 13.2 Å². The fraction of sp³-hybridized carbons (Fsp3) is 0.733. The van der Waals surface area contributed by atoms with E-state index in [-0.39, 0.29) is 42.9 Å². The first-order valence-electron chi connectivity index (χ1n) is 7.83. The average molecular weight is 476 g/mol. The summed E-state index contributed by atoms with van der Waals surface area (Å²) in [6, 6.07) is -0.177. The van der Waals surface area contributed by atoms with Gasteiger partial charge >= 0.3 is 6.18 Å². The molecule has 9 heteroatoms. The van der Waals surface area contributed by atoms with E-state index in [1.165, 1.54) is 4.88 Å². The molecule has 1 saturated carbocycles. The van der Waals surface area contributed by atoms with Crippen LogP contribution in [-0.4, -0.2) is 36.8 Å². The van der Waals surface area contributed by atoms with E-state index in [4.69, 9.17) is 0 Å². The minimum absolute atomic E-state index is 0. The largest absolute Gasteiger partial charge is 0.391 e. The molecule has 0 spiro atoms. The maximum absolute atomic E-state index is 12.8. The molecule has 0 saturated heterocycles. The first-order valence-corrected chi connectivity index (χ1v) is 8.65. The van der Waals surface area contributed by atoms with Gasteiger partial charge in [-0.2, -0.15) is 13.2 Å². The van der Waals surface area contributed by atoms with Crippen molar-refractivity contribution in [2.24, 2.45) is 10.9 Å². The Morgan fingerprint density at radius 2 is 2.17 bits per heavy atom. The Kier molecular flexibility index (Phi) is 8.75. The third kappa shape index (κ3) is 6.73. The molecule has 24 heavy (non-hydrogen) atoms. The summed E-state index contributed by atoms with van der Waals surface area (Å²) in [7, 11) is 1.63. The number of hydrogen-bond donors (Lipinski definition) is 2. The molecule has 0 aromatic carbocycles. The van der Waals surface area contributed by atoms with Gasteiger partial charge in [0.2, 0.25) is 0 Å². The lowest BCUT2D eigenvalue weighted by atomic mass is 9.85. The third-order valence-corrected chi connectivity index (χ3v) is 4.97. The molecule has 0 bridgehead atoms. The molecule has 1 fully saturated rings. The smallest absolute Gasteiger partial charge is 0.356 e. The van der Waals surface area contributed by atoms with Crippen LogP contribution in [0.3, 0.4) is 0 Å². The predicted octanol–water partition coefficient (Wildman–Crippen LogP) is 3.90. The minimum atomic E-state index is -4.10. The normalized spacial score (nSPS) is 22.0. The van der Waals surface area contributed by atoms with Crippen LogP contribution in [0.1, 0.15) is 35.6 Å². The molecular formula is C15H24F3IN4S. The minimum Gasteiger partial charge on any atom is -0.356 e. The van der Waals surface area contributed by atoms with Crippen LogP contribution in [0.25, 0.3) is 0 Å². The zero-order valence-electron chi connectivity index (χ0n) is 13.8. The summed E-state index contributed by atoms with van der Waals surface area (Å²) in [5.74, 6) is -0.642. The topological polar surface area (TPSA) is 49.3 Å². The van der Waals surface area contributed by atoms with Gasteiger partial charge in [-0.1, -0.05) is 6.42 Å². The highest BCUT2D eigenvalue weighted by Crippen LogP contribution is 2.37. The number of nitrogens with one attached hydrogen (secondary N) is 2. The van der Waals surface area contributed by atoms with Gasteiger partial charge < -0.3 is 10.6 Å². The standard InChI is InChI=1S/C15H23F3N4S.HI/c1-10-9-21-13(23-10)6-7-20-14(19-2)22-12-5-3-4-11(8-12)15(16,17)18;/h9,11-12H,3-8H2,1-2H3,(H2,19,20,22);1H. The molecule has 2 rings (SSSR count). The highest BCUT2D eigenvalue weighted by atomic mass is 127. The highest BCUT2D eigenvalue weighted by molar-refractivity contribution is 14.0. The van der Waals surface area contributed by atoms with Crippen LogP contribution in [0, 0.1) is 12.8 Å². The Balaban J connectivity index is 0.00000288. The van der Waals surface area contributed by atoms with Gasteiger partial charge in [0.15, 0.2) is 5.96 Å². The molecule has 0 radical (unpaired) electrons. The molecule has 1 heterocycles. The lowest BCUT2D eigenvalue weighted by molar-refractivity contribution is -0.183. The molecule has 1 aromatic heterocycles. The zero-order valence-corrected chi connectivity index (χ0v) is 17.0. The molecule has 0 amide bonds. The summed E-state index contributed by atoms with van der Waals surface area (Å²) in [6.07, 6.45) is 0.213. The Morgan fingerprint density at radius 1 is 1.42 bits per heavy atom. The summed E-state index contributed by atoms with van der Waals surface area (Å²) >= 11 is 1.65. The number of halogens is 4. The van der Waals surface area contributed by atoms with E-state index in [1.807, 2.05) is 13.1 Å². The van der Waals surface area contributed by atoms with Crippen LogP contribution in [0.4, 0.5) is 13.2 Å². The van der Waals surface area contributed by atoms with E-state index >= 15 is 0 Å². The van der Waals surface area contributed by atoms with Crippen LogP contribution in [0.2, 0.25) is 0 Å². The number of alkyl halides is 3. The van der Waals surface area contributed by atoms with Crippen LogP contribution in [-0.2, 0) is 6.42 Å². The second kappa shape index (κ2) is 9.79. The molecular weight excluding hydrogens is 452 g/mol. The number of rotatable bonds is 4. The second-order valence-corrected chi connectivity index (χ2v) is 7.18. The van der Waals surface area contributed by atoms with Crippen molar-refractivity contribution in [1.29, 1.82) is 0 Å². The number of thiazole rings is 1. The van der Waals surface area contributed by atoms with Crippen molar-refractivity contribution in [3.63, 3.8) is 0 Å². The molecule has 138 valence electrons. The van der Waals surface area contributed by atoms with Gasteiger partial charge in [0.25, 0.3) is 0 Å². The van der Waals surface area contributed by atoms with Gasteiger partial charge in [0.05, 0.1) is 10.9 Å². The Bertz CT molecular complexity index is 533. The molecule has 2 unspecified atom stereocenters. The first kappa shape index (κ1) is 21.5. The van der Waals surface area contributed by atoms with Gasteiger partial charge in [-0.3, -0.25) is 4.99 Å². The maximum atomic E-state index is 12.8. The summed E-state index contributed by atoms with van der Waals surface area (Å²) in [5.41, 5.74) is 0. The summed E-state index contributed by atoms with van der Waals surface area (Å²) < 4.78 is 38.5. The van der Waals surface area contributed by atoms with Crippen LogP contribution in [0.5, 0.6) is 0 Å². The van der Waals surface area contributed by atoms with Crippen LogP contribution in [0.15, 0.2) is 11.2 Å². The summed E-state index contributed by atoms with van der Waals surface area (Å²) in [6.45, 7) is 2.66.